The van der Waals surface area contributed by atoms with E-state index in [1.165, 1.54) is 257 Å². The van der Waals surface area contributed by atoms with Gasteiger partial charge in [0.1, 0.15) is 19.3 Å². The Morgan fingerprint density at radius 3 is 0.774 bits per heavy atom. The molecule has 19 heteroatoms. The molecule has 0 aliphatic rings. The number of phosphoric acid groups is 2. The Labute approximate surface area is 650 Å². The van der Waals surface area contributed by atoms with Crippen LogP contribution >= 0.6 is 15.6 Å². The summed E-state index contributed by atoms with van der Waals surface area (Å²) in [6.45, 7) is 7.33. The highest BCUT2D eigenvalue weighted by molar-refractivity contribution is 7.47. The molecule has 0 amide bonds. The third kappa shape index (κ3) is 79.6. The Hall–Kier alpha value is -2.46. The minimum absolute atomic E-state index is 0.0858. The van der Waals surface area contributed by atoms with Gasteiger partial charge in [-0.1, -0.05) is 393 Å². The summed E-state index contributed by atoms with van der Waals surface area (Å²) in [5, 5.41) is 10.7. The zero-order valence-corrected chi connectivity index (χ0v) is 70.9. The Morgan fingerprint density at radius 2 is 0.509 bits per heavy atom. The van der Waals surface area contributed by atoms with Crippen molar-refractivity contribution in [3.8, 4) is 0 Å². The maximum Gasteiger partial charge on any atom is 0.472 e. The van der Waals surface area contributed by atoms with Gasteiger partial charge in [0.25, 0.3) is 0 Å². The van der Waals surface area contributed by atoms with E-state index in [1.807, 2.05) is 0 Å². The minimum atomic E-state index is -4.97. The van der Waals surface area contributed by atoms with Gasteiger partial charge < -0.3 is 33.8 Å². The summed E-state index contributed by atoms with van der Waals surface area (Å²) in [6.07, 6.45) is 75.8. The lowest BCUT2D eigenvalue weighted by molar-refractivity contribution is -0.161. The van der Waals surface area contributed by atoms with Crippen LogP contribution in [0.3, 0.4) is 0 Å². The first-order chi connectivity index (χ1) is 51.5. The van der Waals surface area contributed by atoms with Crippen LogP contribution in [0.2, 0.25) is 0 Å². The molecule has 0 aromatic rings. The largest absolute Gasteiger partial charge is 0.472 e. The Bertz CT molecular complexity index is 2110. The molecular formula is C87H166O17P2. The molecule has 0 saturated heterocycles. The fraction of sp³-hybridized carbons (Fsp3) is 0.908. The highest BCUT2D eigenvalue weighted by Crippen LogP contribution is 2.45. The molecule has 0 rings (SSSR count). The van der Waals surface area contributed by atoms with Gasteiger partial charge in [0.15, 0.2) is 12.2 Å². The zero-order valence-electron chi connectivity index (χ0n) is 69.1. The molecule has 17 nitrogen and oxygen atoms in total. The average molecular weight is 1550 g/mol. The third-order valence-electron chi connectivity index (χ3n) is 19.9. The predicted octanol–water partition coefficient (Wildman–Crippen LogP) is 26.3. The van der Waals surface area contributed by atoms with Gasteiger partial charge in [-0.2, -0.15) is 0 Å². The van der Waals surface area contributed by atoms with E-state index in [0.717, 1.165) is 109 Å². The second-order valence-electron chi connectivity index (χ2n) is 31.1. The van der Waals surface area contributed by atoms with Crippen LogP contribution in [0.4, 0.5) is 0 Å². The minimum Gasteiger partial charge on any atom is -0.462 e. The summed E-state index contributed by atoms with van der Waals surface area (Å²) < 4.78 is 68.9. The number of carbonyl (C=O) groups excluding carboxylic acids is 4. The van der Waals surface area contributed by atoms with E-state index in [-0.39, 0.29) is 25.7 Å². The lowest BCUT2D eigenvalue weighted by atomic mass is 10.0. The monoisotopic (exact) mass is 1550 g/mol. The van der Waals surface area contributed by atoms with Crippen LogP contribution < -0.4 is 0 Å². The standard InChI is InChI=1S/C87H166O17P2/c1-6-9-12-15-18-21-24-26-28-29-30-34-38-41-46-51-56-61-66-71-85(90)98-77-83(104-87(92)73-68-63-58-53-48-43-39-35-32-31-33-37-40-45-49-54-59-64-69-80(4)5)79-102-106(95,96)100-75-81(88)74-99-105(93,94)101-78-82(76-97-84(89)70-65-60-55-50-44-23-20-17-14-11-8-3)103-86(91)72-67-62-57-52-47-42-36-27-25-22-19-16-13-10-7-2/h22,25,27,36,80-83,88H,6-21,23-24,26,28-35,37-79H2,1-5H3,(H,93,94)(H,95,96)/b25-22-,36-27-/t81-,82+,83+/m0/s1. The molecule has 2 unspecified atom stereocenters. The molecule has 0 aromatic carbocycles. The number of ether oxygens (including phenoxy) is 4. The van der Waals surface area contributed by atoms with Crippen molar-refractivity contribution >= 4 is 39.5 Å². The molecule has 0 heterocycles. The van der Waals surface area contributed by atoms with Crippen LogP contribution in [0.1, 0.15) is 446 Å². The van der Waals surface area contributed by atoms with Crippen LogP contribution in [0, 0.1) is 5.92 Å². The molecule has 0 aliphatic heterocycles. The summed E-state index contributed by atoms with van der Waals surface area (Å²) >= 11 is 0. The van der Waals surface area contributed by atoms with E-state index in [2.05, 4.69) is 58.9 Å². The molecule has 0 radical (unpaired) electrons. The number of hydrogen-bond acceptors (Lipinski definition) is 15. The number of unbranched alkanes of at least 4 members (excludes halogenated alkanes) is 54. The molecule has 0 aliphatic carbocycles. The third-order valence-corrected chi connectivity index (χ3v) is 21.8. The number of aliphatic hydroxyl groups excluding tert-OH is 1. The van der Waals surface area contributed by atoms with Crippen LogP contribution in [-0.2, 0) is 65.4 Å². The van der Waals surface area contributed by atoms with E-state index in [4.69, 9.17) is 37.0 Å². The first kappa shape index (κ1) is 104. The molecule has 0 aromatic heterocycles. The topological polar surface area (TPSA) is 237 Å². The van der Waals surface area contributed by atoms with Gasteiger partial charge in [-0.05, 0) is 57.3 Å². The van der Waals surface area contributed by atoms with Gasteiger partial charge in [0.2, 0.25) is 0 Å². The maximum atomic E-state index is 13.2. The summed E-state index contributed by atoms with van der Waals surface area (Å²) in [5.41, 5.74) is 0. The van der Waals surface area contributed by atoms with Crippen molar-refractivity contribution in [2.75, 3.05) is 39.6 Å². The summed E-state index contributed by atoms with van der Waals surface area (Å²) in [5.74, 6) is -1.31. The highest BCUT2D eigenvalue weighted by atomic mass is 31.2. The van der Waals surface area contributed by atoms with Crippen molar-refractivity contribution in [1.82, 2.24) is 0 Å². The highest BCUT2D eigenvalue weighted by Gasteiger charge is 2.30. The van der Waals surface area contributed by atoms with E-state index in [1.54, 1.807) is 0 Å². The van der Waals surface area contributed by atoms with Crippen molar-refractivity contribution in [3.63, 3.8) is 0 Å². The van der Waals surface area contributed by atoms with E-state index < -0.39 is 97.5 Å². The lowest BCUT2D eigenvalue weighted by Gasteiger charge is -2.21. The molecule has 106 heavy (non-hydrogen) atoms. The molecule has 3 N–H and O–H groups in total. The fourth-order valence-corrected chi connectivity index (χ4v) is 14.7. The van der Waals surface area contributed by atoms with E-state index in [0.29, 0.717) is 25.7 Å². The molecule has 0 bridgehead atoms. The number of rotatable bonds is 85. The lowest BCUT2D eigenvalue weighted by Crippen LogP contribution is -2.30. The van der Waals surface area contributed by atoms with Crippen molar-refractivity contribution < 1.29 is 80.2 Å². The summed E-state index contributed by atoms with van der Waals surface area (Å²) in [6, 6.07) is 0. The van der Waals surface area contributed by atoms with Gasteiger partial charge in [-0.3, -0.25) is 37.3 Å². The summed E-state index contributed by atoms with van der Waals surface area (Å²) in [4.78, 5) is 73.2. The van der Waals surface area contributed by atoms with Crippen LogP contribution in [0.15, 0.2) is 24.3 Å². The Morgan fingerprint density at radius 1 is 0.292 bits per heavy atom. The normalized spacial score (nSPS) is 13.9. The van der Waals surface area contributed by atoms with Gasteiger partial charge in [0, 0.05) is 25.7 Å². The number of esters is 4. The molecular weight excluding hydrogens is 1380 g/mol. The van der Waals surface area contributed by atoms with Gasteiger partial charge in [-0.15, -0.1) is 0 Å². The van der Waals surface area contributed by atoms with E-state index in [9.17, 15) is 43.2 Å². The molecule has 5 atom stereocenters. The Balaban J connectivity index is 5.26. The van der Waals surface area contributed by atoms with E-state index >= 15 is 0 Å². The number of aliphatic hydroxyl groups is 1. The smallest absolute Gasteiger partial charge is 0.462 e. The van der Waals surface area contributed by atoms with Crippen LogP contribution in [0.25, 0.3) is 0 Å². The second kappa shape index (κ2) is 79.2. The van der Waals surface area contributed by atoms with Crippen LogP contribution in [0.5, 0.6) is 0 Å². The fourth-order valence-electron chi connectivity index (χ4n) is 13.1. The number of carbonyl (C=O) groups is 4. The van der Waals surface area contributed by atoms with Crippen molar-refractivity contribution in [2.24, 2.45) is 5.92 Å². The van der Waals surface area contributed by atoms with Gasteiger partial charge >= 0.3 is 39.5 Å². The quantitative estimate of drug-likeness (QED) is 0.0169. The first-order valence-electron chi connectivity index (χ1n) is 44.5. The molecule has 0 saturated carbocycles. The summed E-state index contributed by atoms with van der Waals surface area (Å²) in [7, 11) is -9.94. The predicted molar refractivity (Wildman–Crippen MR) is 437 cm³/mol. The average Bonchev–Trinajstić information content (AvgIpc) is 0.901. The zero-order chi connectivity index (χ0) is 77.6. The number of allylic oxidation sites excluding steroid dienone is 4. The second-order valence-corrected chi connectivity index (χ2v) is 34.0. The van der Waals surface area contributed by atoms with Gasteiger partial charge in [0.05, 0.1) is 26.4 Å². The van der Waals surface area contributed by atoms with Crippen molar-refractivity contribution in [3.05, 3.63) is 24.3 Å². The maximum absolute atomic E-state index is 13.2. The van der Waals surface area contributed by atoms with Crippen molar-refractivity contribution in [2.45, 2.75) is 464 Å². The molecule has 0 spiro atoms. The van der Waals surface area contributed by atoms with Crippen molar-refractivity contribution in [1.29, 1.82) is 0 Å². The van der Waals surface area contributed by atoms with Crippen LogP contribution in [-0.4, -0.2) is 96.7 Å². The molecule has 626 valence electrons. The molecule has 0 fully saturated rings. The number of phosphoric ester groups is 2. The van der Waals surface area contributed by atoms with Gasteiger partial charge in [-0.25, -0.2) is 9.13 Å². The SMILES string of the molecule is CCCCCC/C=C\C=C/CCCCCCCC(=O)O[C@H](COC(=O)CCCCCCCCCCCCC)COP(=O)(O)OC[C@H](O)COP(=O)(O)OC[C@@H](COC(=O)CCCCCCCCCCCCCCCCCCCCC)OC(=O)CCCCCCCCCCCCCCCCCCCCC(C)C. The number of hydrogen-bond donors (Lipinski definition) is 3. The Kier molecular flexibility index (Phi) is 77.4. The first-order valence-corrected chi connectivity index (χ1v) is 47.4.